The molecule has 1 aromatic carbocycles. The highest BCUT2D eigenvalue weighted by molar-refractivity contribution is 5.32. The van der Waals surface area contributed by atoms with Crippen LogP contribution in [0.3, 0.4) is 0 Å². The second-order valence-electron chi connectivity index (χ2n) is 7.01. The lowest BCUT2D eigenvalue weighted by Crippen LogP contribution is -2.55. The fourth-order valence-electron chi connectivity index (χ4n) is 4.70. The Bertz CT molecular complexity index is 501. The molecule has 3 heteroatoms. The maximum atomic E-state index is 6.70. The second-order valence-corrected chi connectivity index (χ2v) is 7.01. The zero-order chi connectivity index (χ0) is 14.2. The highest BCUT2D eigenvalue weighted by atomic mass is 15.3. The molecule has 2 N–H and O–H groups in total. The standard InChI is InChI=1S/C18H27N3/c19-18-16-8-2-1-5-14(16)6-3-9-17(18)21-12-11-20-10-4-7-15(20)13-21/h1-2,5,8,15,17-18H,3-4,6-7,9-13,19H2. The van der Waals surface area contributed by atoms with Crippen LogP contribution in [0.15, 0.2) is 24.3 Å². The van der Waals surface area contributed by atoms with Crippen molar-refractivity contribution in [2.75, 3.05) is 26.2 Å². The van der Waals surface area contributed by atoms with Gasteiger partial charge in [-0.25, -0.2) is 0 Å². The highest BCUT2D eigenvalue weighted by Gasteiger charge is 2.36. The van der Waals surface area contributed by atoms with Crippen LogP contribution >= 0.6 is 0 Å². The van der Waals surface area contributed by atoms with E-state index in [0.717, 1.165) is 6.04 Å². The summed E-state index contributed by atoms with van der Waals surface area (Å²) in [6.07, 6.45) is 6.50. The molecule has 0 spiro atoms. The molecule has 0 bridgehead atoms. The minimum atomic E-state index is 0.191. The highest BCUT2D eigenvalue weighted by Crippen LogP contribution is 2.32. The summed E-state index contributed by atoms with van der Waals surface area (Å²) in [5.41, 5.74) is 9.58. The Hall–Kier alpha value is -0.900. The number of aryl methyl sites for hydroxylation is 1. The Morgan fingerprint density at radius 2 is 1.81 bits per heavy atom. The topological polar surface area (TPSA) is 32.5 Å². The lowest BCUT2D eigenvalue weighted by atomic mass is 9.95. The molecule has 21 heavy (non-hydrogen) atoms. The van der Waals surface area contributed by atoms with E-state index in [9.17, 15) is 0 Å². The molecule has 0 saturated carbocycles. The molecule has 114 valence electrons. The zero-order valence-corrected chi connectivity index (χ0v) is 12.9. The van der Waals surface area contributed by atoms with Gasteiger partial charge in [0.1, 0.15) is 0 Å². The first-order valence-corrected chi connectivity index (χ1v) is 8.64. The summed E-state index contributed by atoms with van der Waals surface area (Å²) >= 11 is 0. The van der Waals surface area contributed by atoms with Crippen molar-refractivity contribution in [2.45, 2.75) is 50.2 Å². The van der Waals surface area contributed by atoms with Gasteiger partial charge in [-0.3, -0.25) is 9.80 Å². The maximum Gasteiger partial charge on any atom is 0.0455 e. The summed E-state index contributed by atoms with van der Waals surface area (Å²) < 4.78 is 0. The van der Waals surface area contributed by atoms with E-state index in [4.69, 9.17) is 5.73 Å². The molecule has 3 aliphatic rings. The fourth-order valence-corrected chi connectivity index (χ4v) is 4.70. The number of rotatable bonds is 1. The third-order valence-corrected chi connectivity index (χ3v) is 5.86. The summed E-state index contributed by atoms with van der Waals surface area (Å²) in [6.45, 7) is 5.01. The first-order chi connectivity index (χ1) is 10.3. The molecule has 3 nitrogen and oxygen atoms in total. The van der Waals surface area contributed by atoms with Crippen molar-refractivity contribution in [1.29, 1.82) is 0 Å². The molecule has 2 heterocycles. The second kappa shape index (κ2) is 5.71. The normalized spacial score (nSPS) is 34.2. The molecule has 3 unspecified atom stereocenters. The molecule has 1 aromatic rings. The van der Waals surface area contributed by atoms with Gasteiger partial charge in [0.25, 0.3) is 0 Å². The minimum Gasteiger partial charge on any atom is -0.323 e. The van der Waals surface area contributed by atoms with E-state index < -0.39 is 0 Å². The van der Waals surface area contributed by atoms with Crippen LogP contribution in [0.5, 0.6) is 0 Å². The van der Waals surface area contributed by atoms with Crippen LogP contribution in [0, 0.1) is 0 Å². The van der Waals surface area contributed by atoms with Crippen LogP contribution in [0.4, 0.5) is 0 Å². The van der Waals surface area contributed by atoms with Crippen LogP contribution in [0.25, 0.3) is 0 Å². The quantitative estimate of drug-likeness (QED) is 0.803. The molecule has 2 aliphatic heterocycles. The zero-order valence-electron chi connectivity index (χ0n) is 12.9. The Morgan fingerprint density at radius 1 is 0.952 bits per heavy atom. The molecule has 0 aromatic heterocycles. The number of hydrogen-bond acceptors (Lipinski definition) is 3. The van der Waals surface area contributed by atoms with Crippen molar-refractivity contribution >= 4 is 0 Å². The van der Waals surface area contributed by atoms with Gasteiger partial charge in [-0.1, -0.05) is 24.3 Å². The van der Waals surface area contributed by atoms with E-state index in [0.29, 0.717) is 6.04 Å². The average molecular weight is 285 g/mol. The number of piperazine rings is 1. The lowest BCUT2D eigenvalue weighted by molar-refractivity contribution is 0.0586. The van der Waals surface area contributed by atoms with E-state index in [2.05, 4.69) is 34.1 Å². The Labute approximate surface area is 128 Å². The van der Waals surface area contributed by atoms with Crippen molar-refractivity contribution in [1.82, 2.24) is 9.80 Å². The van der Waals surface area contributed by atoms with Gasteiger partial charge in [-0.2, -0.15) is 0 Å². The van der Waals surface area contributed by atoms with Crippen LogP contribution in [-0.2, 0) is 6.42 Å². The number of nitrogens with zero attached hydrogens (tertiary/aromatic N) is 2. The fraction of sp³-hybridized carbons (Fsp3) is 0.667. The van der Waals surface area contributed by atoms with Crippen LogP contribution in [0.2, 0.25) is 0 Å². The van der Waals surface area contributed by atoms with Crippen molar-refractivity contribution in [3.8, 4) is 0 Å². The van der Waals surface area contributed by atoms with Crippen molar-refractivity contribution in [2.24, 2.45) is 5.73 Å². The van der Waals surface area contributed by atoms with Gasteiger partial charge in [0, 0.05) is 37.8 Å². The summed E-state index contributed by atoms with van der Waals surface area (Å²) in [5, 5.41) is 0. The first-order valence-electron chi connectivity index (χ1n) is 8.64. The van der Waals surface area contributed by atoms with Crippen LogP contribution < -0.4 is 5.73 Å². The Balaban J connectivity index is 1.55. The molecule has 0 amide bonds. The Kier molecular flexibility index (Phi) is 3.74. The van der Waals surface area contributed by atoms with Gasteiger partial charge in [0.15, 0.2) is 0 Å². The summed E-state index contributed by atoms with van der Waals surface area (Å²) in [6, 6.07) is 10.4. The number of fused-ring (bicyclic) bond motifs is 2. The molecule has 4 rings (SSSR count). The average Bonchev–Trinajstić information content (AvgIpc) is 2.92. The SMILES string of the molecule is NC1c2ccccc2CCCC1N1CCN2CCCC2C1. The lowest BCUT2D eigenvalue weighted by Gasteiger charge is -2.43. The number of hydrogen-bond donors (Lipinski definition) is 1. The molecule has 1 aliphatic carbocycles. The van der Waals surface area contributed by atoms with Crippen LogP contribution in [0.1, 0.15) is 42.9 Å². The van der Waals surface area contributed by atoms with Crippen LogP contribution in [-0.4, -0.2) is 48.1 Å². The van der Waals surface area contributed by atoms with Gasteiger partial charge in [-0.05, 0) is 49.8 Å². The van der Waals surface area contributed by atoms with Gasteiger partial charge in [0.2, 0.25) is 0 Å². The maximum absolute atomic E-state index is 6.70. The molecule has 3 atom stereocenters. The smallest absolute Gasteiger partial charge is 0.0455 e. The molecular weight excluding hydrogens is 258 g/mol. The predicted molar refractivity (Wildman–Crippen MR) is 86.3 cm³/mol. The van der Waals surface area contributed by atoms with Gasteiger partial charge < -0.3 is 5.73 Å². The molecular formula is C18H27N3. The third-order valence-electron chi connectivity index (χ3n) is 5.86. The van der Waals surface area contributed by atoms with Gasteiger partial charge in [-0.15, -0.1) is 0 Å². The van der Waals surface area contributed by atoms with Crippen molar-refractivity contribution < 1.29 is 0 Å². The summed E-state index contributed by atoms with van der Waals surface area (Å²) in [7, 11) is 0. The first kappa shape index (κ1) is 13.7. The van der Waals surface area contributed by atoms with Gasteiger partial charge >= 0.3 is 0 Å². The van der Waals surface area contributed by atoms with E-state index in [-0.39, 0.29) is 6.04 Å². The van der Waals surface area contributed by atoms with Crippen molar-refractivity contribution in [3.05, 3.63) is 35.4 Å². The van der Waals surface area contributed by atoms with E-state index in [1.54, 1.807) is 0 Å². The van der Waals surface area contributed by atoms with Gasteiger partial charge in [0.05, 0.1) is 0 Å². The number of benzene rings is 1. The monoisotopic (exact) mass is 285 g/mol. The molecule has 2 saturated heterocycles. The molecule has 2 fully saturated rings. The van der Waals surface area contributed by atoms with Crippen molar-refractivity contribution in [3.63, 3.8) is 0 Å². The largest absolute Gasteiger partial charge is 0.323 e. The summed E-state index contributed by atoms with van der Waals surface area (Å²) in [5.74, 6) is 0. The minimum absolute atomic E-state index is 0.191. The van der Waals surface area contributed by atoms with E-state index in [1.165, 1.54) is 69.4 Å². The van der Waals surface area contributed by atoms with E-state index in [1.807, 2.05) is 0 Å². The predicted octanol–water partition coefficient (Wildman–Crippen LogP) is 2.17. The van der Waals surface area contributed by atoms with E-state index >= 15 is 0 Å². The Morgan fingerprint density at radius 3 is 2.76 bits per heavy atom. The summed E-state index contributed by atoms with van der Waals surface area (Å²) in [4.78, 5) is 5.39. The third kappa shape index (κ3) is 2.52. The number of nitrogens with two attached hydrogens (primary N) is 1. The molecule has 0 radical (unpaired) electrons.